The normalized spacial score (nSPS) is 13.3. The lowest BCUT2D eigenvalue weighted by Gasteiger charge is -2.17. The maximum absolute atomic E-state index is 11.0. The molecule has 0 aliphatic heterocycles. The Kier molecular flexibility index (Phi) is 5.61. The maximum Gasteiger partial charge on any atom is 0.321 e. The summed E-state index contributed by atoms with van der Waals surface area (Å²) in [4.78, 5) is 17.3. The second-order valence-electron chi connectivity index (χ2n) is 6.46. The number of nitrogens with zero attached hydrogens (tertiary/aromatic N) is 2. The number of hydrogen-bond acceptors (Lipinski definition) is 6. The smallest absolute Gasteiger partial charge is 0.321 e. The molecule has 7 heteroatoms. The van der Waals surface area contributed by atoms with Gasteiger partial charge in [-0.15, -0.1) is 0 Å². The summed E-state index contributed by atoms with van der Waals surface area (Å²) in [6, 6.07) is 14.6. The predicted octanol–water partition coefficient (Wildman–Crippen LogP) is 2.86. The van der Waals surface area contributed by atoms with E-state index in [1.807, 2.05) is 60.5 Å². The second-order valence-corrected chi connectivity index (χ2v) is 6.46. The molecule has 0 bridgehead atoms. The Morgan fingerprint density at radius 3 is 2.63 bits per heavy atom. The molecule has 27 heavy (non-hydrogen) atoms. The molecule has 0 spiro atoms. The van der Waals surface area contributed by atoms with Crippen molar-refractivity contribution in [2.45, 2.75) is 18.9 Å². The Labute approximate surface area is 157 Å². The van der Waals surface area contributed by atoms with Crippen LogP contribution in [0.4, 0.5) is 6.01 Å². The van der Waals surface area contributed by atoms with E-state index in [0.29, 0.717) is 24.9 Å². The van der Waals surface area contributed by atoms with Crippen LogP contribution >= 0.6 is 0 Å². The van der Waals surface area contributed by atoms with Gasteiger partial charge in [-0.05, 0) is 29.8 Å². The van der Waals surface area contributed by atoms with Crippen molar-refractivity contribution in [2.75, 3.05) is 25.1 Å². The van der Waals surface area contributed by atoms with Crippen molar-refractivity contribution in [3.8, 4) is 5.75 Å². The van der Waals surface area contributed by atoms with Crippen molar-refractivity contribution in [2.24, 2.45) is 5.73 Å². The molecule has 3 rings (SSSR count). The van der Waals surface area contributed by atoms with Gasteiger partial charge in [0.15, 0.2) is 5.58 Å². The number of aliphatic carboxylic acids is 1. The number of oxazole rings is 1. The number of likely N-dealkylation sites (N-methyl/N-ethyl adjacent to an activating group) is 1. The summed E-state index contributed by atoms with van der Waals surface area (Å²) in [5.74, 6) is -0.576. The molecule has 0 radical (unpaired) electrons. The summed E-state index contributed by atoms with van der Waals surface area (Å²) in [7, 11) is 1.89. The van der Waals surface area contributed by atoms with E-state index in [4.69, 9.17) is 20.0 Å². The van der Waals surface area contributed by atoms with Crippen LogP contribution in [0.3, 0.4) is 0 Å². The van der Waals surface area contributed by atoms with Gasteiger partial charge in [-0.2, -0.15) is 4.98 Å². The zero-order valence-corrected chi connectivity index (χ0v) is 15.3. The number of hydrogen-bond donors (Lipinski definition) is 2. The number of para-hydroxylation sites is 2. The number of benzene rings is 2. The Bertz CT molecular complexity index is 874. The Morgan fingerprint density at radius 2 is 1.96 bits per heavy atom. The predicted molar refractivity (Wildman–Crippen MR) is 103 cm³/mol. The number of fused-ring (bicyclic) bond motifs is 1. The molecular weight excluding hydrogens is 346 g/mol. The molecule has 3 N–H and O–H groups in total. The van der Waals surface area contributed by atoms with Crippen molar-refractivity contribution in [3.05, 3.63) is 54.1 Å². The number of ether oxygens (including phenoxy) is 1. The van der Waals surface area contributed by atoms with Gasteiger partial charge in [0.1, 0.15) is 23.9 Å². The third-order valence-electron chi connectivity index (χ3n) is 4.53. The zero-order chi connectivity index (χ0) is 19.4. The standard InChI is InChI=1S/C20H23N3O4/c1-13(18(21)19(24)25)14-7-9-15(10-8-14)26-12-11-23(2)20-22-16-5-3-4-6-17(16)27-20/h3-10,13,18H,11-12,21H2,1-2H3,(H,24,25). The molecule has 1 heterocycles. The van der Waals surface area contributed by atoms with Crippen LogP contribution in [-0.2, 0) is 4.79 Å². The highest BCUT2D eigenvalue weighted by atomic mass is 16.5. The SMILES string of the molecule is CC(c1ccc(OCCN(C)c2nc3ccccc3o2)cc1)C(N)C(=O)O. The van der Waals surface area contributed by atoms with Crippen LogP contribution in [-0.4, -0.2) is 42.3 Å². The van der Waals surface area contributed by atoms with E-state index in [9.17, 15) is 4.79 Å². The lowest BCUT2D eigenvalue weighted by Crippen LogP contribution is -2.35. The van der Waals surface area contributed by atoms with Gasteiger partial charge >= 0.3 is 5.97 Å². The average Bonchev–Trinajstić information content (AvgIpc) is 3.11. The van der Waals surface area contributed by atoms with Crippen LogP contribution < -0.4 is 15.4 Å². The minimum absolute atomic E-state index is 0.276. The van der Waals surface area contributed by atoms with E-state index in [1.54, 1.807) is 6.92 Å². The maximum atomic E-state index is 11.0. The number of rotatable bonds is 8. The zero-order valence-electron chi connectivity index (χ0n) is 15.3. The van der Waals surface area contributed by atoms with Gasteiger partial charge in [0.25, 0.3) is 6.01 Å². The minimum atomic E-state index is -1.01. The number of nitrogens with two attached hydrogens (primary N) is 1. The van der Waals surface area contributed by atoms with Gasteiger partial charge in [0.05, 0.1) is 6.54 Å². The van der Waals surface area contributed by atoms with Gasteiger partial charge < -0.3 is 24.9 Å². The highest BCUT2D eigenvalue weighted by Crippen LogP contribution is 2.22. The third-order valence-corrected chi connectivity index (χ3v) is 4.53. The molecule has 7 nitrogen and oxygen atoms in total. The molecule has 1 aromatic heterocycles. The second kappa shape index (κ2) is 8.09. The molecule has 2 aromatic carbocycles. The fourth-order valence-corrected chi connectivity index (χ4v) is 2.71. The van der Waals surface area contributed by atoms with Crippen molar-refractivity contribution >= 4 is 23.1 Å². The number of carboxylic acid groups (broad SMARTS) is 1. The highest BCUT2D eigenvalue weighted by molar-refractivity contribution is 5.75. The fraction of sp³-hybridized carbons (Fsp3) is 0.300. The first kappa shape index (κ1) is 18.7. The van der Waals surface area contributed by atoms with Crippen LogP contribution in [0.1, 0.15) is 18.4 Å². The summed E-state index contributed by atoms with van der Waals surface area (Å²) in [5, 5.41) is 9.01. The van der Waals surface area contributed by atoms with Crippen LogP contribution in [0.15, 0.2) is 52.9 Å². The third kappa shape index (κ3) is 4.38. The Balaban J connectivity index is 1.53. The molecule has 0 amide bonds. The summed E-state index contributed by atoms with van der Waals surface area (Å²) in [5.41, 5.74) is 8.12. The summed E-state index contributed by atoms with van der Waals surface area (Å²) in [6.45, 7) is 2.86. The molecule has 2 unspecified atom stereocenters. The van der Waals surface area contributed by atoms with Gasteiger partial charge in [-0.3, -0.25) is 4.79 Å². The topological polar surface area (TPSA) is 102 Å². The van der Waals surface area contributed by atoms with E-state index < -0.39 is 12.0 Å². The van der Waals surface area contributed by atoms with Crippen molar-refractivity contribution < 1.29 is 19.1 Å². The minimum Gasteiger partial charge on any atom is -0.492 e. The number of carbonyl (C=O) groups is 1. The van der Waals surface area contributed by atoms with Crippen LogP contribution in [0.2, 0.25) is 0 Å². The quantitative estimate of drug-likeness (QED) is 0.629. The first-order valence-electron chi connectivity index (χ1n) is 8.73. The molecule has 0 saturated carbocycles. The van der Waals surface area contributed by atoms with Crippen molar-refractivity contribution in [3.63, 3.8) is 0 Å². The van der Waals surface area contributed by atoms with E-state index in [1.165, 1.54) is 0 Å². The number of aromatic nitrogens is 1. The van der Waals surface area contributed by atoms with E-state index in [0.717, 1.165) is 16.7 Å². The molecular formula is C20H23N3O4. The van der Waals surface area contributed by atoms with Gasteiger partial charge in [-0.25, -0.2) is 0 Å². The van der Waals surface area contributed by atoms with Crippen molar-refractivity contribution in [1.82, 2.24) is 4.98 Å². The monoisotopic (exact) mass is 369 g/mol. The van der Waals surface area contributed by atoms with E-state index in [2.05, 4.69) is 4.98 Å². The van der Waals surface area contributed by atoms with Gasteiger partial charge in [0.2, 0.25) is 0 Å². The van der Waals surface area contributed by atoms with Gasteiger partial charge in [0, 0.05) is 13.0 Å². The Morgan fingerprint density at radius 1 is 1.26 bits per heavy atom. The van der Waals surface area contributed by atoms with Crippen LogP contribution in [0.25, 0.3) is 11.1 Å². The van der Waals surface area contributed by atoms with E-state index in [-0.39, 0.29) is 5.92 Å². The fourth-order valence-electron chi connectivity index (χ4n) is 2.71. The van der Waals surface area contributed by atoms with Crippen LogP contribution in [0.5, 0.6) is 5.75 Å². The summed E-state index contributed by atoms with van der Waals surface area (Å²) in [6.07, 6.45) is 0. The van der Waals surface area contributed by atoms with E-state index >= 15 is 0 Å². The highest BCUT2D eigenvalue weighted by Gasteiger charge is 2.21. The summed E-state index contributed by atoms with van der Waals surface area (Å²) < 4.78 is 11.5. The largest absolute Gasteiger partial charge is 0.492 e. The van der Waals surface area contributed by atoms with Crippen molar-refractivity contribution in [1.29, 1.82) is 0 Å². The lowest BCUT2D eigenvalue weighted by atomic mass is 9.94. The number of carboxylic acids is 1. The van der Waals surface area contributed by atoms with Crippen LogP contribution in [0, 0.1) is 0 Å². The summed E-state index contributed by atoms with van der Waals surface area (Å²) >= 11 is 0. The number of anilines is 1. The first-order chi connectivity index (χ1) is 13.0. The molecule has 2 atom stereocenters. The first-order valence-corrected chi connectivity index (χ1v) is 8.73. The van der Waals surface area contributed by atoms with Gasteiger partial charge in [-0.1, -0.05) is 31.2 Å². The Hall–Kier alpha value is -3.06. The molecule has 0 fully saturated rings. The molecule has 0 aliphatic rings. The average molecular weight is 369 g/mol. The lowest BCUT2D eigenvalue weighted by molar-refractivity contribution is -0.139. The molecule has 0 aliphatic carbocycles. The molecule has 3 aromatic rings. The molecule has 0 saturated heterocycles. The molecule has 142 valence electrons.